The zero-order valence-corrected chi connectivity index (χ0v) is 10.7. The second-order valence-electron chi connectivity index (χ2n) is 3.33. The minimum Gasteiger partial charge on any atom is -0.448 e. The third-order valence-corrected chi connectivity index (χ3v) is 3.54. The summed E-state index contributed by atoms with van der Waals surface area (Å²) in [7, 11) is -2.07. The molecular formula is C10H15N3O4S. The van der Waals surface area contributed by atoms with E-state index < -0.39 is 16.1 Å². The Balaban J connectivity index is 2.53. The van der Waals surface area contributed by atoms with Crippen molar-refractivity contribution in [1.82, 2.24) is 4.72 Å². The Kier molecular flexibility index (Phi) is 4.93. The number of rotatable bonds is 6. The topological polar surface area (TPSA) is 111 Å². The summed E-state index contributed by atoms with van der Waals surface area (Å²) < 4.78 is 29.6. The number of hydrogen-bond acceptors (Lipinski definition) is 5. The zero-order valence-electron chi connectivity index (χ0n) is 9.84. The van der Waals surface area contributed by atoms with Crippen LogP contribution in [-0.4, -0.2) is 34.7 Å². The van der Waals surface area contributed by atoms with Crippen LogP contribution in [0, 0.1) is 0 Å². The maximum Gasteiger partial charge on any atom is 0.404 e. The lowest BCUT2D eigenvalue weighted by Crippen LogP contribution is -2.19. The van der Waals surface area contributed by atoms with E-state index in [-0.39, 0.29) is 11.5 Å². The van der Waals surface area contributed by atoms with Crippen LogP contribution in [0.1, 0.15) is 0 Å². The molecule has 1 aromatic carbocycles. The molecule has 18 heavy (non-hydrogen) atoms. The summed E-state index contributed by atoms with van der Waals surface area (Å²) in [6.45, 7) is 0.535. The van der Waals surface area contributed by atoms with Crippen molar-refractivity contribution >= 4 is 21.8 Å². The molecule has 0 fully saturated rings. The van der Waals surface area contributed by atoms with Gasteiger partial charge in [0.15, 0.2) is 0 Å². The van der Waals surface area contributed by atoms with E-state index in [4.69, 9.17) is 5.73 Å². The van der Waals surface area contributed by atoms with Crippen molar-refractivity contribution < 1.29 is 17.9 Å². The molecule has 1 aromatic rings. The molecule has 0 heterocycles. The Hall–Kier alpha value is -1.80. The van der Waals surface area contributed by atoms with E-state index >= 15 is 0 Å². The summed E-state index contributed by atoms with van der Waals surface area (Å²) in [5.41, 5.74) is 5.51. The Morgan fingerprint density at radius 3 is 2.44 bits per heavy atom. The molecule has 0 aliphatic carbocycles. The lowest BCUT2D eigenvalue weighted by Gasteiger charge is -2.07. The first-order valence-electron chi connectivity index (χ1n) is 5.15. The fourth-order valence-corrected chi connectivity index (χ4v) is 1.95. The van der Waals surface area contributed by atoms with Gasteiger partial charge in [0.05, 0.1) is 4.90 Å². The van der Waals surface area contributed by atoms with E-state index in [1.165, 1.54) is 19.2 Å². The van der Waals surface area contributed by atoms with Gasteiger partial charge in [-0.25, -0.2) is 17.9 Å². The molecule has 4 N–H and O–H groups in total. The average Bonchev–Trinajstić information content (AvgIpc) is 2.35. The fourth-order valence-electron chi connectivity index (χ4n) is 1.22. The van der Waals surface area contributed by atoms with E-state index in [0.29, 0.717) is 6.54 Å². The summed E-state index contributed by atoms with van der Waals surface area (Å²) in [4.78, 5) is 10.5. The van der Waals surface area contributed by atoms with Crippen molar-refractivity contribution in [3.63, 3.8) is 0 Å². The molecule has 0 radical (unpaired) electrons. The van der Waals surface area contributed by atoms with Gasteiger partial charge in [0.2, 0.25) is 10.0 Å². The highest BCUT2D eigenvalue weighted by Gasteiger charge is 2.09. The molecule has 0 aromatic heterocycles. The number of nitrogens with one attached hydrogen (secondary N) is 2. The SMILES string of the molecule is CNS(=O)(=O)c1ccc(NCCOC(N)=O)cc1. The minimum absolute atomic E-state index is 0.145. The van der Waals surface area contributed by atoms with Gasteiger partial charge < -0.3 is 15.8 Å². The molecule has 1 rings (SSSR count). The Morgan fingerprint density at radius 1 is 1.33 bits per heavy atom. The maximum atomic E-state index is 11.4. The van der Waals surface area contributed by atoms with Gasteiger partial charge in [-0.2, -0.15) is 0 Å². The first-order chi connectivity index (χ1) is 8.45. The van der Waals surface area contributed by atoms with Crippen LogP contribution in [0.15, 0.2) is 29.2 Å². The lowest BCUT2D eigenvalue weighted by atomic mass is 10.3. The van der Waals surface area contributed by atoms with Crippen molar-refractivity contribution in [1.29, 1.82) is 0 Å². The number of nitrogens with two attached hydrogens (primary N) is 1. The summed E-state index contributed by atoms with van der Waals surface area (Å²) >= 11 is 0. The lowest BCUT2D eigenvalue weighted by molar-refractivity contribution is 0.161. The van der Waals surface area contributed by atoms with Gasteiger partial charge in [0, 0.05) is 12.2 Å². The third kappa shape index (κ3) is 4.22. The molecule has 0 saturated carbocycles. The Labute approximate surface area is 105 Å². The maximum absolute atomic E-state index is 11.4. The predicted octanol–water partition coefficient (Wildman–Crippen LogP) is 0.102. The fraction of sp³-hybridized carbons (Fsp3) is 0.300. The number of carbonyl (C=O) groups excluding carboxylic acids is 1. The molecule has 0 bridgehead atoms. The van der Waals surface area contributed by atoms with Crippen molar-refractivity contribution in [3.05, 3.63) is 24.3 Å². The monoisotopic (exact) mass is 273 g/mol. The van der Waals surface area contributed by atoms with E-state index in [2.05, 4.69) is 14.8 Å². The molecule has 7 nitrogen and oxygen atoms in total. The Bertz CT molecular complexity index is 498. The van der Waals surface area contributed by atoms with Crippen molar-refractivity contribution in [2.24, 2.45) is 5.73 Å². The molecule has 0 aliphatic heterocycles. The largest absolute Gasteiger partial charge is 0.448 e. The quantitative estimate of drug-likeness (QED) is 0.637. The summed E-state index contributed by atoms with van der Waals surface area (Å²) in [6.07, 6.45) is -0.827. The molecule has 0 aliphatic rings. The first-order valence-corrected chi connectivity index (χ1v) is 6.64. The van der Waals surface area contributed by atoms with Gasteiger partial charge in [0.1, 0.15) is 6.61 Å². The van der Waals surface area contributed by atoms with Crippen LogP contribution in [0.4, 0.5) is 10.5 Å². The molecule has 100 valence electrons. The van der Waals surface area contributed by atoms with Gasteiger partial charge in [-0.3, -0.25) is 0 Å². The summed E-state index contributed by atoms with van der Waals surface area (Å²) in [5, 5.41) is 2.95. The number of primary amides is 1. The number of amides is 1. The number of sulfonamides is 1. The van der Waals surface area contributed by atoms with Crippen LogP contribution < -0.4 is 15.8 Å². The molecule has 0 spiro atoms. The highest BCUT2D eigenvalue weighted by molar-refractivity contribution is 7.89. The van der Waals surface area contributed by atoms with Crippen LogP contribution in [0.3, 0.4) is 0 Å². The van der Waals surface area contributed by atoms with Crippen molar-refractivity contribution in [2.45, 2.75) is 4.90 Å². The van der Waals surface area contributed by atoms with Crippen LogP contribution in [0.2, 0.25) is 0 Å². The van der Waals surface area contributed by atoms with Gasteiger partial charge >= 0.3 is 6.09 Å². The predicted molar refractivity (Wildman–Crippen MR) is 66.7 cm³/mol. The van der Waals surface area contributed by atoms with Crippen LogP contribution >= 0.6 is 0 Å². The normalized spacial score (nSPS) is 10.9. The highest BCUT2D eigenvalue weighted by Crippen LogP contribution is 2.13. The molecule has 0 unspecified atom stereocenters. The molecular weight excluding hydrogens is 258 g/mol. The standard InChI is InChI=1S/C10H15N3O4S/c1-12-18(15,16)9-4-2-8(3-5-9)13-6-7-17-10(11)14/h2-5,12-13H,6-7H2,1H3,(H2,11,14). The second-order valence-corrected chi connectivity index (χ2v) is 5.21. The van der Waals surface area contributed by atoms with Crippen LogP contribution in [0.25, 0.3) is 0 Å². The minimum atomic E-state index is -3.42. The molecule has 0 atom stereocenters. The first kappa shape index (κ1) is 14.3. The summed E-state index contributed by atoms with van der Waals surface area (Å²) in [5.74, 6) is 0. The second kappa shape index (κ2) is 6.22. The van der Waals surface area contributed by atoms with Crippen LogP contribution in [0.5, 0.6) is 0 Å². The van der Waals surface area contributed by atoms with E-state index in [1.807, 2.05) is 0 Å². The van der Waals surface area contributed by atoms with E-state index in [1.54, 1.807) is 12.1 Å². The smallest absolute Gasteiger partial charge is 0.404 e. The molecule has 8 heteroatoms. The van der Waals surface area contributed by atoms with Crippen LogP contribution in [-0.2, 0) is 14.8 Å². The Morgan fingerprint density at radius 2 is 1.94 bits per heavy atom. The van der Waals surface area contributed by atoms with Crippen molar-refractivity contribution in [3.8, 4) is 0 Å². The van der Waals surface area contributed by atoms with Gasteiger partial charge in [-0.1, -0.05) is 0 Å². The van der Waals surface area contributed by atoms with E-state index in [9.17, 15) is 13.2 Å². The molecule has 1 amide bonds. The number of ether oxygens (including phenoxy) is 1. The summed E-state index contributed by atoms with van der Waals surface area (Å²) in [6, 6.07) is 6.19. The van der Waals surface area contributed by atoms with Gasteiger partial charge in [-0.05, 0) is 31.3 Å². The zero-order chi connectivity index (χ0) is 13.6. The van der Waals surface area contributed by atoms with Crippen molar-refractivity contribution in [2.75, 3.05) is 25.5 Å². The van der Waals surface area contributed by atoms with Gasteiger partial charge in [0.25, 0.3) is 0 Å². The number of benzene rings is 1. The number of hydrogen-bond donors (Lipinski definition) is 3. The average molecular weight is 273 g/mol. The van der Waals surface area contributed by atoms with E-state index in [0.717, 1.165) is 5.69 Å². The number of anilines is 1. The highest BCUT2D eigenvalue weighted by atomic mass is 32.2. The van der Waals surface area contributed by atoms with Gasteiger partial charge in [-0.15, -0.1) is 0 Å². The third-order valence-electron chi connectivity index (χ3n) is 2.11. The molecule has 0 saturated heterocycles. The number of carbonyl (C=O) groups is 1.